The minimum Gasteiger partial charge on any atom is -0.316 e. The Balaban J connectivity index is 1.75. The molecule has 9 nitrogen and oxygen atoms in total. The molecule has 9 heteroatoms. The summed E-state index contributed by atoms with van der Waals surface area (Å²) in [6.45, 7) is 4.94. The lowest BCUT2D eigenvalue weighted by Gasteiger charge is -2.07. The van der Waals surface area contributed by atoms with Crippen molar-refractivity contribution in [2.75, 3.05) is 5.32 Å². The zero-order chi connectivity index (χ0) is 21.6. The number of carbonyl (C=O) groups is 2. The molecule has 0 aliphatic heterocycles. The van der Waals surface area contributed by atoms with E-state index in [9.17, 15) is 14.4 Å². The standard InChI is InChI=1S/C21H20N6O3/c1-12-16(14(3)28)10-22-19-17(11-23-26(12)19)20(29)24-18-13(2)25(4)27(21(18)30)15-8-6-5-7-9-15/h5-11H,1-4H3,(H,24,29). The van der Waals surface area contributed by atoms with E-state index in [1.807, 2.05) is 30.3 Å². The van der Waals surface area contributed by atoms with Gasteiger partial charge in [-0.3, -0.25) is 19.1 Å². The Labute approximate surface area is 171 Å². The Hall–Kier alpha value is -4.01. The molecule has 4 aromatic rings. The van der Waals surface area contributed by atoms with Crippen molar-refractivity contribution in [2.45, 2.75) is 20.8 Å². The lowest BCUT2D eigenvalue weighted by atomic mass is 10.2. The second kappa shape index (κ2) is 7.11. The molecule has 0 atom stereocenters. The summed E-state index contributed by atoms with van der Waals surface area (Å²) in [6, 6.07) is 9.17. The zero-order valence-corrected chi connectivity index (χ0v) is 17.0. The summed E-state index contributed by atoms with van der Waals surface area (Å²) < 4.78 is 4.62. The van der Waals surface area contributed by atoms with Gasteiger partial charge in [0, 0.05) is 13.2 Å². The first-order chi connectivity index (χ1) is 14.3. The average Bonchev–Trinajstić information content (AvgIpc) is 3.24. The van der Waals surface area contributed by atoms with Gasteiger partial charge in [-0.15, -0.1) is 0 Å². The third-order valence-electron chi connectivity index (χ3n) is 5.18. The number of amides is 1. The molecule has 0 spiro atoms. The van der Waals surface area contributed by atoms with Crippen molar-refractivity contribution in [1.82, 2.24) is 24.0 Å². The number of aryl methyl sites for hydroxylation is 1. The van der Waals surface area contributed by atoms with Gasteiger partial charge in [0.2, 0.25) is 0 Å². The van der Waals surface area contributed by atoms with Gasteiger partial charge >= 0.3 is 0 Å². The van der Waals surface area contributed by atoms with E-state index >= 15 is 0 Å². The Bertz CT molecular complexity index is 1360. The maximum atomic E-state index is 13.0. The first-order valence-corrected chi connectivity index (χ1v) is 9.31. The molecule has 0 saturated heterocycles. The van der Waals surface area contributed by atoms with E-state index in [0.717, 1.165) is 0 Å². The summed E-state index contributed by atoms with van der Waals surface area (Å²) in [5.74, 6) is -0.636. The van der Waals surface area contributed by atoms with E-state index in [2.05, 4.69) is 15.4 Å². The van der Waals surface area contributed by atoms with Crippen molar-refractivity contribution in [1.29, 1.82) is 0 Å². The smallest absolute Gasteiger partial charge is 0.295 e. The van der Waals surface area contributed by atoms with Crippen molar-refractivity contribution in [3.63, 3.8) is 0 Å². The Kier molecular flexibility index (Phi) is 4.57. The minimum atomic E-state index is -0.501. The maximum absolute atomic E-state index is 13.0. The maximum Gasteiger partial charge on any atom is 0.295 e. The van der Waals surface area contributed by atoms with Gasteiger partial charge in [-0.25, -0.2) is 14.2 Å². The van der Waals surface area contributed by atoms with Gasteiger partial charge in [-0.1, -0.05) is 18.2 Å². The summed E-state index contributed by atoms with van der Waals surface area (Å²) in [5.41, 5.74) is 2.69. The minimum absolute atomic E-state index is 0.134. The highest BCUT2D eigenvalue weighted by Gasteiger charge is 2.22. The van der Waals surface area contributed by atoms with Crippen LogP contribution >= 0.6 is 0 Å². The molecule has 0 unspecified atom stereocenters. The SMILES string of the molecule is CC(=O)c1cnc2c(C(=O)Nc3c(C)n(C)n(-c4ccccc4)c3=O)cnn2c1C. The molecule has 0 aliphatic carbocycles. The Morgan fingerprint density at radius 1 is 1.00 bits per heavy atom. The average molecular weight is 404 g/mol. The molecular formula is C21H20N6O3. The van der Waals surface area contributed by atoms with Crippen molar-refractivity contribution in [2.24, 2.45) is 7.05 Å². The number of hydrogen-bond acceptors (Lipinski definition) is 5. The second-order valence-corrected chi connectivity index (χ2v) is 7.00. The highest BCUT2D eigenvalue weighted by Crippen LogP contribution is 2.18. The van der Waals surface area contributed by atoms with E-state index in [0.29, 0.717) is 28.3 Å². The monoisotopic (exact) mass is 404 g/mol. The lowest BCUT2D eigenvalue weighted by Crippen LogP contribution is -2.23. The number of fused-ring (bicyclic) bond motifs is 1. The normalized spacial score (nSPS) is 11.1. The number of para-hydroxylation sites is 1. The van der Waals surface area contributed by atoms with Crippen LogP contribution in [0.1, 0.15) is 39.0 Å². The molecule has 152 valence electrons. The largest absolute Gasteiger partial charge is 0.316 e. The van der Waals surface area contributed by atoms with E-state index in [1.165, 1.54) is 28.5 Å². The molecule has 0 fully saturated rings. The van der Waals surface area contributed by atoms with Crippen molar-refractivity contribution >= 4 is 23.0 Å². The number of rotatable bonds is 4. The summed E-state index contributed by atoms with van der Waals surface area (Å²) in [7, 11) is 1.75. The van der Waals surface area contributed by atoms with Crippen LogP contribution in [-0.4, -0.2) is 35.7 Å². The third kappa shape index (κ3) is 2.91. The molecule has 3 aromatic heterocycles. The molecule has 1 amide bonds. The quantitative estimate of drug-likeness (QED) is 0.526. The summed E-state index contributed by atoms with van der Waals surface area (Å²) in [4.78, 5) is 41.9. The topological polar surface area (TPSA) is 103 Å². The number of nitrogens with zero attached hydrogens (tertiary/aromatic N) is 5. The van der Waals surface area contributed by atoms with Crippen LogP contribution in [0.15, 0.2) is 47.5 Å². The molecule has 0 bridgehead atoms. The summed E-state index contributed by atoms with van der Waals surface area (Å²) in [6.07, 6.45) is 2.81. The number of ketones is 1. The number of benzene rings is 1. The number of anilines is 1. The summed E-state index contributed by atoms with van der Waals surface area (Å²) in [5, 5.41) is 6.90. The first-order valence-electron chi connectivity index (χ1n) is 9.31. The third-order valence-corrected chi connectivity index (χ3v) is 5.18. The highest BCUT2D eigenvalue weighted by molar-refractivity contribution is 6.08. The molecule has 4 rings (SSSR count). The molecular weight excluding hydrogens is 384 g/mol. The lowest BCUT2D eigenvalue weighted by molar-refractivity contribution is 0.101. The fraction of sp³-hybridized carbons (Fsp3) is 0.190. The molecule has 1 aromatic carbocycles. The van der Waals surface area contributed by atoms with Crippen molar-refractivity contribution < 1.29 is 9.59 Å². The van der Waals surface area contributed by atoms with Crippen LogP contribution in [-0.2, 0) is 7.05 Å². The number of nitrogens with one attached hydrogen (secondary N) is 1. The Morgan fingerprint density at radius 2 is 1.70 bits per heavy atom. The number of carbonyl (C=O) groups excluding carboxylic acids is 2. The van der Waals surface area contributed by atoms with Crippen LogP contribution < -0.4 is 10.9 Å². The molecule has 0 aliphatic rings. The van der Waals surface area contributed by atoms with E-state index in [4.69, 9.17) is 0 Å². The molecule has 3 heterocycles. The van der Waals surface area contributed by atoms with Crippen molar-refractivity contribution in [3.05, 3.63) is 75.6 Å². The van der Waals surface area contributed by atoms with Crippen LogP contribution in [0.25, 0.3) is 11.3 Å². The second-order valence-electron chi connectivity index (χ2n) is 7.00. The van der Waals surface area contributed by atoms with Crippen LogP contribution in [0.4, 0.5) is 5.69 Å². The van der Waals surface area contributed by atoms with Gasteiger partial charge in [-0.2, -0.15) is 5.10 Å². The molecule has 30 heavy (non-hydrogen) atoms. The fourth-order valence-corrected chi connectivity index (χ4v) is 3.44. The van der Waals surface area contributed by atoms with Gasteiger partial charge in [0.05, 0.1) is 28.8 Å². The van der Waals surface area contributed by atoms with Crippen LogP contribution in [0.5, 0.6) is 0 Å². The zero-order valence-electron chi connectivity index (χ0n) is 17.0. The molecule has 0 radical (unpaired) electrons. The summed E-state index contributed by atoms with van der Waals surface area (Å²) >= 11 is 0. The molecule has 0 saturated carbocycles. The van der Waals surface area contributed by atoms with Crippen LogP contribution in [0.3, 0.4) is 0 Å². The van der Waals surface area contributed by atoms with Gasteiger partial charge in [0.15, 0.2) is 11.4 Å². The van der Waals surface area contributed by atoms with Crippen LogP contribution in [0.2, 0.25) is 0 Å². The Morgan fingerprint density at radius 3 is 2.37 bits per heavy atom. The highest BCUT2D eigenvalue weighted by atomic mass is 16.2. The van der Waals surface area contributed by atoms with Gasteiger partial charge in [0.1, 0.15) is 11.3 Å². The van der Waals surface area contributed by atoms with Crippen molar-refractivity contribution in [3.8, 4) is 5.69 Å². The van der Waals surface area contributed by atoms with E-state index in [-0.39, 0.29) is 22.6 Å². The predicted octanol–water partition coefficient (Wildman–Crippen LogP) is 2.29. The predicted molar refractivity (Wildman–Crippen MR) is 111 cm³/mol. The number of aromatic nitrogens is 5. The van der Waals surface area contributed by atoms with E-state index < -0.39 is 5.91 Å². The van der Waals surface area contributed by atoms with Crippen LogP contribution in [0, 0.1) is 13.8 Å². The fourth-order valence-electron chi connectivity index (χ4n) is 3.44. The first kappa shape index (κ1) is 19.3. The van der Waals surface area contributed by atoms with Gasteiger partial charge in [-0.05, 0) is 32.9 Å². The molecule has 1 N–H and O–H groups in total. The van der Waals surface area contributed by atoms with Gasteiger partial charge < -0.3 is 5.32 Å². The van der Waals surface area contributed by atoms with Gasteiger partial charge in [0.25, 0.3) is 11.5 Å². The number of Topliss-reactive ketones (excluding diaryl/α,β-unsaturated/α-hetero) is 1. The van der Waals surface area contributed by atoms with E-state index in [1.54, 1.807) is 25.6 Å². The number of hydrogen-bond donors (Lipinski definition) is 1.